The summed E-state index contributed by atoms with van der Waals surface area (Å²) in [5, 5.41) is 17.4. The van der Waals surface area contributed by atoms with Crippen LogP contribution >= 0.6 is 0 Å². The molecule has 2 aromatic carbocycles. The molecule has 0 radical (unpaired) electrons. The van der Waals surface area contributed by atoms with Crippen molar-refractivity contribution >= 4 is 22.9 Å². The lowest BCUT2D eigenvalue weighted by Crippen LogP contribution is -2.21. The Labute approximate surface area is 248 Å². The average Bonchev–Trinajstić information content (AvgIpc) is 2.91. The average molecular weight is 559 g/mol. The number of rotatable bonds is 5. The molecule has 2 aliphatic carbocycles. The molecular weight excluding hydrogens is 520 g/mol. The largest absolute Gasteiger partial charge is 0.289 e. The molecule has 0 saturated carbocycles. The van der Waals surface area contributed by atoms with Gasteiger partial charge in [-0.1, -0.05) is 65.8 Å². The summed E-state index contributed by atoms with van der Waals surface area (Å²) in [4.78, 5) is 25.1. The Morgan fingerprint density at radius 2 is 0.952 bits per heavy atom. The van der Waals surface area contributed by atoms with Crippen LogP contribution in [0.2, 0.25) is 0 Å². The lowest BCUT2D eigenvalue weighted by Gasteiger charge is -2.24. The highest BCUT2D eigenvalue weighted by atomic mass is 16.1. The number of ketones is 2. The van der Waals surface area contributed by atoms with Gasteiger partial charge in [0, 0.05) is 11.1 Å². The third-order valence-electron chi connectivity index (χ3n) is 7.00. The van der Waals surface area contributed by atoms with Gasteiger partial charge in [-0.25, -0.2) is 0 Å². The van der Waals surface area contributed by atoms with Crippen LogP contribution in [0.15, 0.2) is 139 Å². The van der Waals surface area contributed by atoms with Gasteiger partial charge in [-0.15, -0.1) is 0 Å². The molecule has 214 valence electrons. The van der Waals surface area contributed by atoms with Gasteiger partial charge in [0.2, 0.25) is 0 Å². The van der Waals surface area contributed by atoms with Gasteiger partial charge in [-0.3, -0.25) is 9.59 Å². The van der Waals surface area contributed by atoms with Crippen molar-refractivity contribution in [3.05, 3.63) is 119 Å². The molecule has 0 bridgehead atoms. The fraction of sp³-hybridized carbons (Fsp3) is 0.278. The second kappa shape index (κ2) is 12.1. The predicted molar refractivity (Wildman–Crippen MR) is 170 cm³/mol. The number of Topliss-reactive ketones (excluding diaryl/α,β-unsaturated/α-hetero) is 2. The van der Waals surface area contributed by atoms with Gasteiger partial charge >= 0.3 is 0 Å². The molecule has 6 heteroatoms. The van der Waals surface area contributed by atoms with Gasteiger partial charge in [-0.05, 0) is 107 Å². The number of azo groups is 2. The molecule has 0 aliphatic heterocycles. The molecule has 6 nitrogen and oxygen atoms in total. The quantitative estimate of drug-likeness (QED) is 0.342. The van der Waals surface area contributed by atoms with Crippen LogP contribution in [0.5, 0.6) is 0 Å². The highest BCUT2D eigenvalue weighted by Gasteiger charge is 2.28. The van der Waals surface area contributed by atoms with Crippen LogP contribution in [0.3, 0.4) is 0 Å². The topological polar surface area (TPSA) is 83.6 Å². The number of benzene rings is 2. The minimum Gasteiger partial charge on any atom is -0.289 e. The Kier molecular flexibility index (Phi) is 8.76. The van der Waals surface area contributed by atoms with Crippen molar-refractivity contribution in [3.63, 3.8) is 0 Å². The normalized spacial score (nSPS) is 18.6. The Bertz CT molecular complexity index is 1550. The summed E-state index contributed by atoms with van der Waals surface area (Å²) in [7, 11) is 0. The number of nitrogens with zero attached hydrogens (tertiary/aromatic N) is 4. The fourth-order valence-electron chi connectivity index (χ4n) is 4.69. The van der Waals surface area contributed by atoms with Gasteiger partial charge in [0.05, 0.1) is 23.8 Å². The summed E-state index contributed by atoms with van der Waals surface area (Å²) in [6.07, 6.45) is 10.8. The highest BCUT2D eigenvalue weighted by molar-refractivity contribution is 6.11. The second-order valence-corrected chi connectivity index (χ2v) is 12.7. The first-order valence-electron chi connectivity index (χ1n) is 14.1. The predicted octanol–water partition coefficient (Wildman–Crippen LogP) is 10.3. The van der Waals surface area contributed by atoms with Crippen molar-refractivity contribution in [2.45, 2.75) is 55.4 Å². The van der Waals surface area contributed by atoms with E-state index in [1.54, 1.807) is 12.4 Å². The monoisotopic (exact) mass is 558 g/mol. The molecule has 0 atom stereocenters. The summed E-state index contributed by atoms with van der Waals surface area (Å²) >= 11 is 0. The van der Waals surface area contributed by atoms with E-state index in [4.69, 9.17) is 0 Å². The van der Waals surface area contributed by atoms with Crippen LogP contribution in [0.4, 0.5) is 11.4 Å². The van der Waals surface area contributed by atoms with Gasteiger partial charge in [0.15, 0.2) is 11.6 Å². The van der Waals surface area contributed by atoms with E-state index in [9.17, 15) is 9.59 Å². The standard InChI is InChI=1S/C36H38N4O2/c1-23-15-25(17-31(33(23)41)35(3,4)5)21-37-39-29-13-9-11-27(19-29)28-12-10-14-30(20-28)40-38-22-26-16-24(2)34(42)32(18-26)36(6,7)8/h9-22H,1-8H3/b25-21+,26-22+,39-37?,40-38?. The van der Waals surface area contributed by atoms with Gasteiger partial charge in [0.1, 0.15) is 0 Å². The summed E-state index contributed by atoms with van der Waals surface area (Å²) in [5.41, 5.74) is 7.51. The maximum Gasteiger partial charge on any atom is 0.185 e. The molecule has 2 aliphatic rings. The van der Waals surface area contributed by atoms with Gasteiger partial charge in [-0.2, -0.15) is 20.5 Å². The molecular formula is C36H38N4O2. The Morgan fingerprint density at radius 3 is 1.31 bits per heavy atom. The van der Waals surface area contributed by atoms with E-state index in [0.29, 0.717) is 22.5 Å². The Morgan fingerprint density at radius 1 is 0.571 bits per heavy atom. The first-order chi connectivity index (χ1) is 19.7. The molecule has 42 heavy (non-hydrogen) atoms. The van der Waals surface area contributed by atoms with E-state index in [0.717, 1.165) is 33.4 Å². The zero-order chi connectivity index (χ0) is 30.7. The third-order valence-corrected chi connectivity index (χ3v) is 7.00. The van der Waals surface area contributed by atoms with Crippen LogP contribution in [-0.4, -0.2) is 11.6 Å². The maximum absolute atomic E-state index is 12.6. The van der Waals surface area contributed by atoms with E-state index < -0.39 is 0 Å². The molecule has 0 N–H and O–H groups in total. The van der Waals surface area contributed by atoms with E-state index in [2.05, 4.69) is 20.5 Å². The van der Waals surface area contributed by atoms with Crippen LogP contribution in [0.1, 0.15) is 55.4 Å². The van der Waals surface area contributed by atoms with E-state index >= 15 is 0 Å². The lowest BCUT2D eigenvalue weighted by molar-refractivity contribution is -0.113. The number of carbonyl (C=O) groups excluding carboxylic acids is 2. The van der Waals surface area contributed by atoms with Gasteiger partial charge < -0.3 is 0 Å². The van der Waals surface area contributed by atoms with Crippen LogP contribution in [-0.2, 0) is 9.59 Å². The van der Waals surface area contributed by atoms with Crippen molar-refractivity contribution < 1.29 is 9.59 Å². The van der Waals surface area contributed by atoms with Crippen molar-refractivity contribution in [2.24, 2.45) is 31.3 Å². The zero-order valence-electron chi connectivity index (χ0n) is 25.7. The molecule has 0 heterocycles. The van der Waals surface area contributed by atoms with E-state index in [-0.39, 0.29) is 22.4 Å². The number of allylic oxidation sites excluding steroid dienone is 10. The molecule has 2 aromatic rings. The molecule has 0 amide bonds. The van der Waals surface area contributed by atoms with Crippen molar-refractivity contribution in [3.8, 4) is 11.1 Å². The van der Waals surface area contributed by atoms with E-state index in [1.165, 1.54) is 0 Å². The molecule has 0 unspecified atom stereocenters. The van der Waals surface area contributed by atoms with E-state index in [1.807, 2.05) is 128 Å². The number of carbonyl (C=O) groups is 2. The lowest BCUT2D eigenvalue weighted by atomic mass is 9.78. The van der Waals surface area contributed by atoms with Crippen LogP contribution in [0.25, 0.3) is 11.1 Å². The second-order valence-electron chi connectivity index (χ2n) is 12.7. The zero-order valence-corrected chi connectivity index (χ0v) is 25.7. The summed E-state index contributed by atoms with van der Waals surface area (Å²) in [6, 6.07) is 15.6. The number of hydrogen-bond acceptors (Lipinski definition) is 6. The number of hydrogen-bond donors (Lipinski definition) is 0. The van der Waals surface area contributed by atoms with Crippen molar-refractivity contribution in [1.29, 1.82) is 0 Å². The third kappa shape index (κ3) is 7.38. The summed E-state index contributed by atoms with van der Waals surface area (Å²) < 4.78 is 0. The maximum atomic E-state index is 12.6. The molecule has 0 aromatic heterocycles. The van der Waals surface area contributed by atoms with Crippen molar-refractivity contribution in [1.82, 2.24) is 0 Å². The SMILES string of the molecule is CC1=C/C(=C\N=Nc2cccc(-c3cccc(N=N/C=C4\C=C(C)C(=O)C(C(C)(C)C)=C4)c3)c2)C=C(C(C)(C)C)C1=O. The minimum atomic E-state index is -0.249. The molecule has 0 fully saturated rings. The first-order valence-corrected chi connectivity index (χ1v) is 14.1. The highest BCUT2D eigenvalue weighted by Crippen LogP contribution is 2.34. The Hall–Kier alpha value is -4.58. The molecule has 0 saturated heterocycles. The Balaban J connectivity index is 1.52. The molecule has 0 spiro atoms. The van der Waals surface area contributed by atoms with Crippen LogP contribution < -0.4 is 0 Å². The summed E-state index contributed by atoms with van der Waals surface area (Å²) in [6.45, 7) is 15.9. The molecule has 4 rings (SSSR count). The van der Waals surface area contributed by atoms with Crippen molar-refractivity contribution in [2.75, 3.05) is 0 Å². The minimum absolute atomic E-state index is 0.0756. The first kappa shape index (κ1) is 30.4. The smallest absolute Gasteiger partial charge is 0.185 e. The summed E-state index contributed by atoms with van der Waals surface area (Å²) in [5.74, 6) is 0.151. The van der Waals surface area contributed by atoms with Gasteiger partial charge in [0.25, 0.3) is 0 Å². The fourth-order valence-corrected chi connectivity index (χ4v) is 4.69. The van der Waals surface area contributed by atoms with Crippen LogP contribution in [0, 0.1) is 10.8 Å².